The molecular weight excluding hydrogens is 486 g/mol. The van der Waals surface area contributed by atoms with Crippen molar-refractivity contribution in [1.82, 2.24) is 30.1 Å². The number of carbonyl (C=O) groups excluding carboxylic acids is 1. The summed E-state index contributed by atoms with van der Waals surface area (Å²) in [5.41, 5.74) is 8.14. The van der Waals surface area contributed by atoms with E-state index in [4.69, 9.17) is 0 Å². The maximum atomic E-state index is 12.6. The fourth-order valence-electron chi connectivity index (χ4n) is 4.75. The zero-order valence-corrected chi connectivity index (χ0v) is 20.6. The topological polar surface area (TPSA) is 112 Å². The van der Waals surface area contributed by atoms with Gasteiger partial charge in [0.15, 0.2) is 0 Å². The molecule has 0 saturated carbocycles. The van der Waals surface area contributed by atoms with Crippen molar-refractivity contribution in [2.24, 2.45) is 0 Å². The molecule has 0 radical (unpaired) electrons. The van der Waals surface area contributed by atoms with Crippen LogP contribution >= 0.6 is 0 Å². The Labute approximate surface area is 222 Å². The highest BCUT2D eigenvalue weighted by atomic mass is 16.1. The third-order valence-electron chi connectivity index (χ3n) is 6.64. The molecule has 2 aromatic carbocycles. The lowest BCUT2D eigenvalue weighted by Gasteiger charge is -2.07. The van der Waals surface area contributed by atoms with Crippen LogP contribution in [-0.2, 0) is 0 Å². The summed E-state index contributed by atoms with van der Waals surface area (Å²) < 4.78 is 0. The van der Waals surface area contributed by atoms with Crippen molar-refractivity contribution in [2.45, 2.75) is 0 Å². The molecule has 186 valence electrons. The van der Waals surface area contributed by atoms with E-state index >= 15 is 0 Å². The Bertz CT molecular complexity index is 1960. The number of amides is 1. The van der Waals surface area contributed by atoms with Crippen molar-refractivity contribution >= 4 is 33.4 Å². The number of pyridine rings is 3. The van der Waals surface area contributed by atoms with Gasteiger partial charge in [0.2, 0.25) is 0 Å². The van der Waals surface area contributed by atoms with Gasteiger partial charge in [-0.3, -0.25) is 24.8 Å². The second kappa shape index (κ2) is 9.35. The van der Waals surface area contributed by atoms with E-state index in [1.807, 2.05) is 60.7 Å². The van der Waals surface area contributed by atoms with Gasteiger partial charge in [-0.2, -0.15) is 5.10 Å². The largest absolute Gasteiger partial charge is 0.353 e. The van der Waals surface area contributed by atoms with Gasteiger partial charge in [0, 0.05) is 45.4 Å². The number of rotatable bonds is 5. The molecule has 1 amide bonds. The van der Waals surface area contributed by atoms with E-state index in [9.17, 15) is 4.79 Å². The SMILES string of the molecule is O=C(Nc1cncc(-c2cc3c(-c4cc5c(-c6ccccn6)cccc5[nH]4)n[nH]c3cn2)c1)c1ccccc1. The van der Waals surface area contributed by atoms with Crippen molar-refractivity contribution in [1.29, 1.82) is 0 Å². The van der Waals surface area contributed by atoms with E-state index in [-0.39, 0.29) is 5.91 Å². The summed E-state index contributed by atoms with van der Waals surface area (Å²) in [6.45, 7) is 0. The summed E-state index contributed by atoms with van der Waals surface area (Å²) in [5.74, 6) is -0.195. The minimum Gasteiger partial charge on any atom is -0.353 e. The number of hydrogen-bond acceptors (Lipinski definition) is 5. The van der Waals surface area contributed by atoms with Crippen molar-refractivity contribution in [2.75, 3.05) is 5.32 Å². The van der Waals surface area contributed by atoms with Crippen LogP contribution in [0, 0.1) is 0 Å². The quantitative estimate of drug-likeness (QED) is 0.247. The first kappa shape index (κ1) is 22.6. The van der Waals surface area contributed by atoms with Gasteiger partial charge >= 0.3 is 0 Å². The predicted octanol–water partition coefficient (Wildman–Crippen LogP) is 6.48. The molecule has 7 aromatic rings. The number of hydrogen-bond donors (Lipinski definition) is 3. The van der Waals surface area contributed by atoms with Crippen LogP contribution in [-0.4, -0.2) is 36.0 Å². The van der Waals surface area contributed by atoms with Gasteiger partial charge in [-0.15, -0.1) is 0 Å². The number of fused-ring (bicyclic) bond motifs is 2. The number of carbonyl (C=O) groups is 1. The Morgan fingerprint density at radius 1 is 0.744 bits per heavy atom. The summed E-state index contributed by atoms with van der Waals surface area (Å²) in [7, 11) is 0. The van der Waals surface area contributed by atoms with E-state index in [0.717, 1.165) is 55.7 Å². The number of anilines is 1. The van der Waals surface area contributed by atoms with Crippen molar-refractivity contribution < 1.29 is 4.79 Å². The maximum absolute atomic E-state index is 12.6. The van der Waals surface area contributed by atoms with Crippen LogP contribution in [0.1, 0.15) is 10.4 Å². The molecule has 0 atom stereocenters. The summed E-state index contributed by atoms with van der Waals surface area (Å²) >= 11 is 0. The molecular formula is C31H21N7O. The van der Waals surface area contributed by atoms with Crippen LogP contribution in [0.5, 0.6) is 0 Å². The van der Waals surface area contributed by atoms with E-state index < -0.39 is 0 Å². The third kappa shape index (κ3) is 4.19. The number of nitrogens with zero attached hydrogens (tertiary/aromatic N) is 4. The number of aromatic nitrogens is 6. The lowest BCUT2D eigenvalue weighted by Crippen LogP contribution is -2.11. The summed E-state index contributed by atoms with van der Waals surface area (Å²) in [6, 6.07) is 27.1. The first-order valence-corrected chi connectivity index (χ1v) is 12.4. The van der Waals surface area contributed by atoms with Gasteiger partial charge in [-0.1, -0.05) is 36.4 Å². The molecule has 3 N–H and O–H groups in total. The smallest absolute Gasteiger partial charge is 0.255 e. The van der Waals surface area contributed by atoms with Crippen LogP contribution < -0.4 is 5.32 Å². The molecule has 0 unspecified atom stereocenters. The Morgan fingerprint density at radius 2 is 1.64 bits per heavy atom. The lowest BCUT2D eigenvalue weighted by atomic mass is 10.1. The van der Waals surface area contributed by atoms with Crippen molar-refractivity contribution in [3.63, 3.8) is 0 Å². The first-order chi connectivity index (χ1) is 19.2. The molecule has 0 aliphatic rings. The van der Waals surface area contributed by atoms with Gasteiger partial charge in [0.1, 0.15) is 5.69 Å². The van der Waals surface area contributed by atoms with Gasteiger partial charge in [0.25, 0.3) is 5.91 Å². The van der Waals surface area contributed by atoms with E-state index in [1.165, 1.54) is 0 Å². The Balaban J connectivity index is 1.25. The molecule has 0 aliphatic heterocycles. The predicted molar refractivity (Wildman–Crippen MR) is 152 cm³/mol. The van der Waals surface area contributed by atoms with Crippen LogP contribution in [0.4, 0.5) is 5.69 Å². The highest BCUT2D eigenvalue weighted by Gasteiger charge is 2.15. The summed E-state index contributed by atoms with van der Waals surface area (Å²) in [6.07, 6.45) is 6.91. The van der Waals surface area contributed by atoms with Crippen LogP contribution in [0.15, 0.2) is 110 Å². The minimum absolute atomic E-state index is 0.195. The second-order valence-electron chi connectivity index (χ2n) is 9.13. The number of benzene rings is 2. The average molecular weight is 508 g/mol. The van der Waals surface area contributed by atoms with Crippen LogP contribution in [0.25, 0.3) is 55.7 Å². The Kier molecular flexibility index (Phi) is 5.41. The molecule has 0 fully saturated rings. The number of H-pyrrole nitrogens is 2. The summed E-state index contributed by atoms with van der Waals surface area (Å²) in [5, 5.41) is 12.6. The average Bonchev–Trinajstić information content (AvgIpc) is 3.62. The van der Waals surface area contributed by atoms with Crippen LogP contribution in [0.2, 0.25) is 0 Å². The second-order valence-corrected chi connectivity index (χ2v) is 9.13. The molecule has 5 aromatic heterocycles. The molecule has 0 saturated heterocycles. The molecule has 0 bridgehead atoms. The van der Waals surface area contributed by atoms with E-state index in [2.05, 4.69) is 47.6 Å². The molecule has 39 heavy (non-hydrogen) atoms. The highest BCUT2D eigenvalue weighted by Crippen LogP contribution is 2.34. The zero-order valence-electron chi connectivity index (χ0n) is 20.6. The molecule has 8 nitrogen and oxygen atoms in total. The van der Waals surface area contributed by atoms with Gasteiger partial charge in [-0.05, 0) is 48.5 Å². The molecule has 0 aliphatic carbocycles. The zero-order chi connectivity index (χ0) is 26.2. The van der Waals surface area contributed by atoms with E-state index in [1.54, 1.807) is 36.9 Å². The standard InChI is InChI=1S/C31H21N7O/c39-31(19-7-2-1-3-8-19)35-21-13-20(16-32-17-21)27-15-24-29(18-34-27)37-38-30(24)28-14-23-22(9-6-11-26(23)36-28)25-10-4-5-12-33-25/h1-18,36H,(H,35,39)(H,37,38). The molecule has 7 rings (SSSR count). The fourth-order valence-corrected chi connectivity index (χ4v) is 4.75. The number of nitrogens with one attached hydrogen (secondary N) is 3. The Morgan fingerprint density at radius 3 is 2.51 bits per heavy atom. The monoisotopic (exact) mass is 507 g/mol. The third-order valence-corrected chi connectivity index (χ3v) is 6.64. The van der Waals surface area contributed by atoms with Gasteiger partial charge in [-0.25, -0.2) is 0 Å². The lowest BCUT2D eigenvalue weighted by molar-refractivity contribution is 0.102. The fraction of sp³-hybridized carbons (Fsp3) is 0. The van der Waals surface area contributed by atoms with Gasteiger partial charge < -0.3 is 10.3 Å². The highest BCUT2D eigenvalue weighted by molar-refractivity contribution is 6.04. The molecule has 8 heteroatoms. The number of aromatic amines is 2. The molecule has 5 heterocycles. The minimum atomic E-state index is -0.195. The normalized spacial score (nSPS) is 11.2. The van der Waals surface area contributed by atoms with E-state index in [0.29, 0.717) is 11.3 Å². The molecule has 0 spiro atoms. The summed E-state index contributed by atoms with van der Waals surface area (Å²) in [4.78, 5) is 29.6. The Hall–Kier alpha value is -5.63. The van der Waals surface area contributed by atoms with Crippen molar-refractivity contribution in [3.8, 4) is 33.9 Å². The maximum Gasteiger partial charge on any atom is 0.255 e. The van der Waals surface area contributed by atoms with Crippen molar-refractivity contribution in [3.05, 3.63) is 115 Å². The van der Waals surface area contributed by atoms with Crippen LogP contribution in [0.3, 0.4) is 0 Å². The first-order valence-electron chi connectivity index (χ1n) is 12.4. The van der Waals surface area contributed by atoms with Gasteiger partial charge in [0.05, 0.1) is 40.7 Å².